The van der Waals surface area contributed by atoms with E-state index in [1.807, 2.05) is 18.2 Å². The van der Waals surface area contributed by atoms with Crippen LogP contribution in [-0.4, -0.2) is 24.0 Å². The molecule has 3 rings (SSSR count). The average Bonchev–Trinajstić information content (AvgIpc) is 3.10. The number of carbonyl (C=O) groups excluding carboxylic acids is 2. The van der Waals surface area contributed by atoms with Crippen LogP contribution in [0.5, 0.6) is 17.4 Å². The van der Waals surface area contributed by atoms with Crippen LogP contribution in [0.4, 0.5) is 0 Å². The highest BCUT2D eigenvalue weighted by atomic mass is 32.1. The lowest BCUT2D eigenvalue weighted by Crippen LogP contribution is -2.12. The van der Waals surface area contributed by atoms with E-state index < -0.39 is 11.9 Å². The first-order valence-electron chi connectivity index (χ1n) is 7.25. The fraction of sp³-hybridized carbons (Fsp3) is 0.0556. The van der Waals surface area contributed by atoms with Crippen molar-refractivity contribution in [2.75, 3.05) is 7.11 Å². The molecule has 0 saturated carbocycles. The minimum absolute atomic E-state index is 0.119. The number of thiophene rings is 1. The van der Waals surface area contributed by atoms with E-state index in [-0.39, 0.29) is 22.1 Å². The lowest BCUT2D eigenvalue weighted by atomic mass is 10.2. The van der Waals surface area contributed by atoms with Gasteiger partial charge in [0.1, 0.15) is 11.3 Å². The summed E-state index contributed by atoms with van der Waals surface area (Å²) in [6.45, 7) is 0. The van der Waals surface area contributed by atoms with Gasteiger partial charge in [0.2, 0.25) is 5.88 Å². The van der Waals surface area contributed by atoms with Gasteiger partial charge in [-0.05, 0) is 35.7 Å². The van der Waals surface area contributed by atoms with Gasteiger partial charge in [0.25, 0.3) is 0 Å². The van der Waals surface area contributed by atoms with Crippen LogP contribution in [0.3, 0.4) is 0 Å². The quantitative estimate of drug-likeness (QED) is 0.645. The Bertz CT molecular complexity index is 891. The zero-order valence-corrected chi connectivity index (χ0v) is 14.0. The molecule has 0 fully saturated rings. The van der Waals surface area contributed by atoms with Crippen LogP contribution in [0.2, 0.25) is 0 Å². The largest absolute Gasteiger partial charge is 0.465 e. The number of ether oxygens (including phenoxy) is 3. The number of aromatic nitrogens is 1. The number of hydrogen-bond acceptors (Lipinski definition) is 7. The van der Waals surface area contributed by atoms with Gasteiger partial charge in [-0.3, -0.25) is 0 Å². The van der Waals surface area contributed by atoms with E-state index in [1.165, 1.54) is 25.4 Å². The summed E-state index contributed by atoms with van der Waals surface area (Å²) in [5.41, 5.74) is 0.147. The summed E-state index contributed by atoms with van der Waals surface area (Å²) in [6, 6.07) is 13.6. The molecule has 0 radical (unpaired) electrons. The van der Waals surface area contributed by atoms with Gasteiger partial charge >= 0.3 is 11.9 Å². The van der Waals surface area contributed by atoms with Crippen LogP contribution >= 0.6 is 11.3 Å². The van der Waals surface area contributed by atoms with Crippen molar-refractivity contribution < 1.29 is 23.8 Å². The van der Waals surface area contributed by atoms with Crippen LogP contribution in [0, 0.1) is 0 Å². The maximum absolute atomic E-state index is 12.5. The summed E-state index contributed by atoms with van der Waals surface area (Å²) in [4.78, 5) is 28.5. The van der Waals surface area contributed by atoms with E-state index in [2.05, 4.69) is 9.72 Å². The molecule has 0 bridgehead atoms. The van der Waals surface area contributed by atoms with E-state index in [0.29, 0.717) is 5.75 Å². The number of pyridine rings is 1. The van der Waals surface area contributed by atoms with Gasteiger partial charge in [-0.1, -0.05) is 18.2 Å². The standard InChI is InChI=1S/C18H13NO5S/c1-22-18(21)15-14(9-11-25-15)24-17(20)13-8-5-10-19-16(13)23-12-6-3-2-4-7-12/h2-11H,1H3. The predicted octanol–water partition coefficient (Wildman–Crippen LogP) is 3.94. The molecule has 2 heterocycles. The third-order valence-corrected chi connectivity index (χ3v) is 4.03. The molecule has 0 aliphatic carbocycles. The number of benzene rings is 1. The van der Waals surface area contributed by atoms with Gasteiger partial charge in [-0.25, -0.2) is 14.6 Å². The Hall–Kier alpha value is -3.19. The molecular formula is C18H13NO5S. The first-order chi connectivity index (χ1) is 12.2. The van der Waals surface area contributed by atoms with Crippen LogP contribution in [0.1, 0.15) is 20.0 Å². The van der Waals surface area contributed by atoms with Gasteiger partial charge < -0.3 is 14.2 Å². The molecule has 1 aromatic carbocycles. The van der Waals surface area contributed by atoms with Crippen molar-refractivity contribution in [1.82, 2.24) is 4.98 Å². The topological polar surface area (TPSA) is 74.7 Å². The molecule has 25 heavy (non-hydrogen) atoms. The molecule has 0 N–H and O–H groups in total. The highest BCUT2D eigenvalue weighted by Gasteiger charge is 2.21. The smallest absolute Gasteiger partial charge is 0.351 e. The fourth-order valence-electron chi connectivity index (χ4n) is 2.00. The van der Waals surface area contributed by atoms with Crippen molar-refractivity contribution in [3.8, 4) is 17.4 Å². The molecular weight excluding hydrogens is 342 g/mol. The van der Waals surface area contributed by atoms with Crippen LogP contribution in [0.25, 0.3) is 0 Å². The second-order valence-corrected chi connectivity index (χ2v) is 5.68. The molecule has 0 unspecified atom stereocenters. The molecule has 0 aliphatic rings. The van der Waals surface area contributed by atoms with E-state index >= 15 is 0 Å². The summed E-state index contributed by atoms with van der Waals surface area (Å²) in [7, 11) is 1.26. The van der Waals surface area contributed by atoms with Crippen molar-refractivity contribution in [3.63, 3.8) is 0 Å². The molecule has 7 heteroatoms. The van der Waals surface area contributed by atoms with Gasteiger partial charge in [-0.15, -0.1) is 11.3 Å². The second kappa shape index (κ2) is 7.59. The van der Waals surface area contributed by atoms with Crippen molar-refractivity contribution in [3.05, 3.63) is 70.5 Å². The third kappa shape index (κ3) is 3.84. The zero-order chi connectivity index (χ0) is 17.6. The molecule has 2 aromatic heterocycles. The number of rotatable bonds is 5. The number of nitrogens with zero attached hydrogens (tertiary/aromatic N) is 1. The Morgan fingerprint density at radius 3 is 2.56 bits per heavy atom. The lowest BCUT2D eigenvalue weighted by molar-refractivity contribution is 0.0599. The SMILES string of the molecule is COC(=O)c1sccc1OC(=O)c1cccnc1Oc1ccccc1. The Morgan fingerprint density at radius 1 is 1.00 bits per heavy atom. The number of esters is 2. The molecule has 0 atom stereocenters. The van der Waals surface area contributed by atoms with Gasteiger partial charge in [0, 0.05) is 6.20 Å². The molecule has 3 aromatic rings. The Morgan fingerprint density at radius 2 is 1.80 bits per heavy atom. The maximum Gasteiger partial charge on any atom is 0.351 e. The molecule has 6 nitrogen and oxygen atoms in total. The van der Waals surface area contributed by atoms with Gasteiger partial charge in [0.15, 0.2) is 10.6 Å². The summed E-state index contributed by atoms with van der Waals surface area (Å²) in [6.07, 6.45) is 1.51. The van der Waals surface area contributed by atoms with Crippen LogP contribution < -0.4 is 9.47 Å². The minimum Gasteiger partial charge on any atom is -0.465 e. The van der Waals surface area contributed by atoms with Gasteiger partial charge in [0.05, 0.1) is 7.11 Å². The van der Waals surface area contributed by atoms with Crippen LogP contribution in [-0.2, 0) is 4.74 Å². The van der Waals surface area contributed by atoms with Crippen molar-refractivity contribution in [2.45, 2.75) is 0 Å². The first-order valence-corrected chi connectivity index (χ1v) is 8.13. The number of methoxy groups -OCH3 is 1. The summed E-state index contributed by atoms with van der Waals surface area (Å²) in [5.74, 6) is -0.446. The Labute approximate surface area is 147 Å². The van der Waals surface area contributed by atoms with Crippen molar-refractivity contribution in [1.29, 1.82) is 0 Å². The minimum atomic E-state index is -0.678. The Kier molecular flexibility index (Phi) is 5.06. The fourth-order valence-corrected chi connectivity index (χ4v) is 2.74. The lowest BCUT2D eigenvalue weighted by Gasteiger charge is -2.09. The summed E-state index contributed by atoms with van der Waals surface area (Å²) >= 11 is 1.13. The second-order valence-electron chi connectivity index (χ2n) is 4.77. The van der Waals surface area contributed by atoms with Crippen molar-refractivity contribution in [2.24, 2.45) is 0 Å². The highest BCUT2D eigenvalue weighted by Crippen LogP contribution is 2.28. The van der Waals surface area contributed by atoms with E-state index in [0.717, 1.165) is 11.3 Å². The summed E-state index contributed by atoms with van der Waals surface area (Å²) in [5, 5.41) is 1.64. The predicted molar refractivity (Wildman–Crippen MR) is 91.4 cm³/mol. The zero-order valence-electron chi connectivity index (χ0n) is 13.2. The van der Waals surface area contributed by atoms with E-state index in [4.69, 9.17) is 9.47 Å². The van der Waals surface area contributed by atoms with Gasteiger partial charge in [-0.2, -0.15) is 0 Å². The first kappa shape index (κ1) is 16.7. The molecule has 0 spiro atoms. The number of para-hydroxylation sites is 1. The number of hydrogen-bond donors (Lipinski definition) is 0. The molecule has 0 aliphatic heterocycles. The monoisotopic (exact) mass is 355 g/mol. The van der Waals surface area contributed by atoms with Crippen LogP contribution in [0.15, 0.2) is 60.1 Å². The molecule has 0 amide bonds. The average molecular weight is 355 g/mol. The van der Waals surface area contributed by atoms with Crippen molar-refractivity contribution >= 4 is 23.3 Å². The number of carbonyl (C=O) groups is 2. The third-order valence-electron chi connectivity index (χ3n) is 3.15. The maximum atomic E-state index is 12.5. The summed E-state index contributed by atoms with van der Waals surface area (Å²) < 4.78 is 15.6. The van der Waals surface area contributed by atoms with E-state index in [9.17, 15) is 9.59 Å². The molecule has 126 valence electrons. The molecule has 0 saturated heterocycles. The Balaban J connectivity index is 1.84. The normalized spacial score (nSPS) is 10.1. The highest BCUT2D eigenvalue weighted by molar-refractivity contribution is 7.12. The van der Waals surface area contributed by atoms with E-state index in [1.54, 1.807) is 23.6 Å².